The molecular weight excluding hydrogens is 328 g/mol. The third-order valence-electron chi connectivity index (χ3n) is 4.57. The normalized spacial score (nSPS) is 16.7. The summed E-state index contributed by atoms with van der Waals surface area (Å²) in [7, 11) is 0. The van der Waals surface area contributed by atoms with Crippen LogP contribution in [0.4, 0.5) is 0 Å². The highest BCUT2D eigenvalue weighted by Crippen LogP contribution is 2.29. The second-order valence-corrected chi connectivity index (χ2v) is 6.39. The number of ether oxygens (including phenoxy) is 1. The van der Waals surface area contributed by atoms with Gasteiger partial charge in [0.2, 0.25) is 0 Å². The highest BCUT2D eigenvalue weighted by molar-refractivity contribution is 5.92. The van der Waals surface area contributed by atoms with Crippen LogP contribution in [0.5, 0.6) is 0 Å². The highest BCUT2D eigenvalue weighted by atomic mass is 16.5. The van der Waals surface area contributed by atoms with E-state index in [4.69, 9.17) is 10.00 Å². The van der Waals surface area contributed by atoms with Gasteiger partial charge in [0.15, 0.2) is 6.10 Å². The van der Waals surface area contributed by atoms with E-state index in [2.05, 4.69) is 11.4 Å². The van der Waals surface area contributed by atoms with Gasteiger partial charge in [-0.2, -0.15) is 5.26 Å². The van der Waals surface area contributed by atoms with Crippen molar-refractivity contribution in [1.29, 1.82) is 5.26 Å². The number of benzene rings is 2. The number of esters is 1. The highest BCUT2D eigenvalue weighted by Gasteiger charge is 2.25. The maximum Gasteiger partial charge on any atom is 0.338 e. The van der Waals surface area contributed by atoms with Crippen LogP contribution >= 0.6 is 0 Å². The minimum Gasteiger partial charge on any atom is -0.449 e. The molecule has 2 atom stereocenters. The van der Waals surface area contributed by atoms with Crippen LogP contribution in [0.1, 0.15) is 52.9 Å². The van der Waals surface area contributed by atoms with Crippen LogP contribution in [0.15, 0.2) is 48.5 Å². The third kappa shape index (κ3) is 3.92. The molecule has 1 aliphatic carbocycles. The Morgan fingerprint density at radius 3 is 2.85 bits per heavy atom. The lowest BCUT2D eigenvalue weighted by atomic mass is 9.87. The Kier molecular flexibility index (Phi) is 5.33. The summed E-state index contributed by atoms with van der Waals surface area (Å²) >= 11 is 0. The quantitative estimate of drug-likeness (QED) is 0.860. The molecule has 132 valence electrons. The fraction of sp³-hybridized carbons (Fsp3) is 0.286. The second-order valence-electron chi connectivity index (χ2n) is 6.39. The summed E-state index contributed by atoms with van der Waals surface area (Å²) in [6, 6.07) is 16.2. The van der Waals surface area contributed by atoms with Crippen molar-refractivity contribution in [3.05, 3.63) is 70.8 Å². The van der Waals surface area contributed by atoms with E-state index >= 15 is 0 Å². The zero-order chi connectivity index (χ0) is 18.5. The second kappa shape index (κ2) is 7.83. The summed E-state index contributed by atoms with van der Waals surface area (Å²) in [6.07, 6.45) is 1.98. The molecule has 1 aliphatic rings. The van der Waals surface area contributed by atoms with Crippen LogP contribution in [0, 0.1) is 11.3 Å². The number of nitriles is 1. The molecule has 5 heteroatoms. The van der Waals surface area contributed by atoms with Crippen LogP contribution in [-0.2, 0) is 16.0 Å². The average molecular weight is 348 g/mol. The lowest BCUT2D eigenvalue weighted by Crippen LogP contribution is -2.39. The van der Waals surface area contributed by atoms with Gasteiger partial charge in [-0.25, -0.2) is 4.79 Å². The molecule has 0 saturated carbocycles. The topological polar surface area (TPSA) is 79.2 Å². The van der Waals surface area contributed by atoms with Crippen molar-refractivity contribution in [2.45, 2.75) is 38.3 Å². The molecule has 0 fully saturated rings. The molecular formula is C21H20N2O3. The van der Waals surface area contributed by atoms with Crippen molar-refractivity contribution in [1.82, 2.24) is 5.32 Å². The van der Waals surface area contributed by atoms with Crippen molar-refractivity contribution in [3.8, 4) is 6.07 Å². The molecule has 3 rings (SSSR count). The number of nitrogens with zero attached hydrogens (tertiary/aromatic N) is 1. The number of rotatable bonds is 4. The van der Waals surface area contributed by atoms with E-state index in [1.54, 1.807) is 25.1 Å². The predicted octanol–water partition coefficient (Wildman–Crippen LogP) is 3.30. The van der Waals surface area contributed by atoms with Crippen molar-refractivity contribution < 1.29 is 14.3 Å². The molecule has 1 N–H and O–H groups in total. The SMILES string of the molecule is C[C@H](OC(=O)c1cccc(C#N)c1)C(=O)N[C@H]1CCCc2ccccc21. The van der Waals surface area contributed by atoms with Crippen LogP contribution < -0.4 is 5.32 Å². The van der Waals surface area contributed by atoms with Crippen molar-refractivity contribution in [2.24, 2.45) is 0 Å². The molecule has 1 amide bonds. The Balaban J connectivity index is 1.63. The van der Waals surface area contributed by atoms with Crippen LogP contribution in [0.2, 0.25) is 0 Å². The lowest BCUT2D eigenvalue weighted by molar-refractivity contribution is -0.130. The van der Waals surface area contributed by atoms with E-state index in [0.717, 1.165) is 24.8 Å². The first-order valence-electron chi connectivity index (χ1n) is 8.68. The van der Waals surface area contributed by atoms with Gasteiger partial charge < -0.3 is 10.1 Å². The molecule has 2 aromatic carbocycles. The van der Waals surface area contributed by atoms with Gasteiger partial charge in [0.1, 0.15) is 0 Å². The lowest BCUT2D eigenvalue weighted by Gasteiger charge is -2.27. The van der Waals surface area contributed by atoms with E-state index < -0.39 is 12.1 Å². The average Bonchev–Trinajstić information content (AvgIpc) is 2.68. The van der Waals surface area contributed by atoms with Gasteiger partial charge in [-0.1, -0.05) is 30.3 Å². The van der Waals surface area contributed by atoms with Gasteiger partial charge in [0, 0.05) is 0 Å². The molecule has 0 bridgehead atoms. The number of nitrogens with one attached hydrogen (secondary N) is 1. The van der Waals surface area contributed by atoms with Crippen molar-refractivity contribution in [2.75, 3.05) is 0 Å². The van der Waals surface area contributed by atoms with Crippen LogP contribution in [-0.4, -0.2) is 18.0 Å². The maximum absolute atomic E-state index is 12.5. The Bertz CT molecular complexity index is 870. The molecule has 5 nitrogen and oxygen atoms in total. The molecule has 0 saturated heterocycles. The van der Waals surface area contributed by atoms with E-state index in [9.17, 15) is 9.59 Å². The Hall–Kier alpha value is -3.13. The summed E-state index contributed by atoms with van der Waals surface area (Å²) in [4.78, 5) is 24.7. The fourth-order valence-corrected chi connectivity index (χ4v) is 3.19. The molecule has 0 spiro atoms. The molecule has 0 radical (unpaired) electrons. The zero-order valence-corrected chi connectivity index (χ0v) is 14.6. The van der Waals surface area contributed by atoms with Gasteiger partial charge in [0.25, 0.3) is 5.91 Å². The molecule has 0 aromatic heterocycles. The largest absolute Gasteiger partial charge is 0.449 e. The smallest absolute Gasteiger partial charge is 0.338 e. The first-order chi connectivity index (χ1) is 12.6. The number of hydrogen-bond acceptors (Lipinski definition) is 4. The van der Waals surface area contributed by atoms with Gasteiger partial charge >= 0.3 is 5.97 Å². The third-order valence-corrected chi connectivity index (χ3v) is 4.57. The fourth-order valence-electron chi connectivity index (χ4n) is 3.19. The summed E-state index contributed by atoms with van der Waals surface area (Å²) in [6.45, 7) is 1.55. The summed E-state index contributed by atoms with van der Waals surface area (Å²) in [5.41, 5.74) is 3.01. The minimum atomic E-state index is -0.915. The van der Waals surface area contributed by atoms with Gasteiger partial charge in [-0.05, 0) is 55.5 Å². The van der Waals surface area contributed by atoms with Crippen LogP contribution in [0.3, 0.4) is 0 Å². The Morgan fingerprint density at radius 2 is 2.04 bits per heavy atom. The van der Waals surface area contributed by atoms with E-state index in [0.29, 0.717) is 5.56 Å². The number of carbonyl (C=O) groups excluding carboxylic acids is 2. The summed E-state index contributed by atoms with van der Waals surface area (Å²) in [5.74, 6) is -0.940. The summed E-state index contributed by atoms with van der Waals surface area (Å²) in [5, 5.41) is 11.9. The standard InChI is InChI=1S/C21H20N2O3/c1-14(26-21(25)17-9-4-6-15(12-17)13-22)20(24)23-19-11-5-8-16-7-2-3-10-18(16)19/h2-4,6-7,9-10,12,14,19H,5,8,11H2,1H3,(H,23,24)/t14-,19-/m0/s1. The van der Waals surface area contributed by atoms with E-state index in [-0.39, 0.29) is 17.5 Å². The number of hydrogen-bond donors (Lipinski definition) is 1. The zero-order valence-electron chi connectivity index (χ0n) is 14.6. The van der Waals surface area contributed by atoms with Crippen molar-refractivity contribution >= 4 is 11.9 Å². The van der Waals surface area contributed by atoms with E-state index in [1.165, 1.54) is 11.6 Å². The Labute approximate surface area is 152 Å². The van der Waals surface area contributed by atoms with Gasteiger partial charge in [-0.15, -0.1) is 0 Å². The predicted molar refractivity (Wildman–Crippen MR) is 96.3 cm³/mol. The minimum absolute atomic E-state index is 0.0597. The number of aryl methyl sites for hydroxylation is 1. The van der Waals surface area contributed by atoms with Gasteiger partial charge in [0.05, 0.1) is 23.2 Å². The maximum atomic E-state index is 12.5. The van der Waals surface area contributed by atoms with E-state index in [1.807, 2.05) is 24.3 Å². The monoisotopic (exact) mass is 348 g/mol. The first kappa shape index (κ1) is 17.7. The van der Waals surface area contributed by atoms with Crippen molar-refractivity contribution in [3.63, 3.8) is 0 Å². The Morgan fingerprint density at radius 1 is 1.23 bits per heavy atom. The number of amides is 1. The van der Waals surface area contributed by atoms with Gasteiger partial charge in [-0.3, -0.25) is 4.79 Å². The van der Waals surface area contributed by atoms with Crippen LogP contribution in [0.25, 0.3) is 0 Å². The molecule has 0 heterocycles. The summed E-state index contributed by atoms with van der Waals surface area (Å²) < 4.78 is 5.27. The first-order valence-corrected chi connectivity index (χ1v) is 8.68. The number of carbonyl (C=O) groups is 2. The molecule has 2 aromatic rings. The molecule has 26 heavy (non-hydrogen) atoms. The molecule has 0 aliphatic heterocycles. The molecule has 0 unspecified atom stereocenters. The number of fused-ring (bicyclic) bond motifs is 1.